The van der Waals surface area contributed by atoms with Crippen molar-refractivity contribution in [2.24, 2.45) is 17.8 Å². The fraction of sp³-hybridized carbons (Fsp3) is 0.944. The maximum absolute atomic E-state index is 12.2. The van der Waals surface area contributed by atoms with Crippen LogP contribution in [-0.4, -0.2) is 54.9 Å². The van der Waals surface area contributed by atoms with Gasteiger partial charge in [-0.1, -0.05) is 33.6 Å². The number of piperazine rings is 1. The van der Waals surface area contributed by atoms with Gasteiger partial charge in [-0.15, -0.1) is 0 Å². The highest BCUT2D eigenvalue weighted by Gasteiger charge is 2.30. The number of rotatable bonds is 6. The van der Waals surface area contributed by atoms with Crippen LogP contribution in [0.3, 0.4) is 0 Å². The summed E-state index contributed by atoms with van der Waals surface area (Å²) in [5.74, 6) is 2.42. The Bertz CT molecular complexity index is 321. The summed E-state index contributed by atoms with van der Waals surface area (Å²) >= 11 is 0. The maximum atomic E-state index is 12.2. The number of hydrogen-bond acceptors (Lipinski definition) is 3. The molecule has 0 spiro atoms. The Morgan fingerprint density at radius 2 is 1.81 bits per heavy atom. The van der Waals surface area contributed by atoms with Crippen LogP contribution in [0.2, 0.25) is 0 Å². The molecule has 2 unspecified atom stereocenters. The Balaban J connectivity index is 1.75. The monoisotopic (exact) mass is 294 g/mol. The van der Waals surface area contributed by atoms with Crippen LogP contribution in [0.1, 0.15) is 52.9 Å². The summed E-state index contributed by atoms with van der Waals surface area (Å²) in [6.07, 6.45) is 5.71. The van der Waals surface area contributed by atoms with Gasteiger partial charge in [-0.05, 0) is 24.7 Å². The van der Waals surface area contributed by atoms with Crippen LogP contribution in [0.15, 0.2) is 0 Å². The predicted molar refractivity (Wildman–Crippen MR) is 88.5 cm³/mol. The molecule has 1 saturated heterocycles. The van der Waals surface area contributed by atoms with E-state index in [1.54, 1.807) is 0 Å². The molecule has 122 valence electrons. The van der Waals surface area contributed by atoms with Crippen molar-refractivity contribution in [1.82, 2.24) is 9.80 Å². The molecule has 0 bridgehead atoms. The van der Waals surface area contributed by atoms with E-state index in [9.17, 15) is 4.79 Å². The van der Waals surface area contributed by atoms with Gasteiger partial charge in [-0.2, -0.15) is 0 Å². The van der Waals surface area contributed by atoms with Gasteiger partial charge in [0.05, 0.1) is 0 Å². The minimum Gasteiger partial charge on any atom is -0.301 e. The third-order valence-electron chi connectivity index (χ3n) is 5.14. The van der Waals surface area contributed by atoms with E-state index in [0.29, 0.717) is 11.7 Å². The van der Waals surface area contributed by atoms with Gasteiger partial charge < -0.3 is 9.80 Å². The molecule has 0 amide bonds. The molecule has 0 N–H and O–H groups in total. The van der Waals surface area contributed by atoms with Crippen molar-refractivity contribution < 1.29 is 4.79 Å². The fourth-order valence-electron chi connectivity index (χ4n) is 4.03. The first kappa shape index (κ1) is 17.0. The Kier molecular flexibility index (Phi) is 6.69. The summed E-state index contributed by atoms with van der Waals surface area (Å²) in [6, 6.07) is 0. The van der Waals surface area contributed by atoms with E-state index in [4.69, 9.17) is 0 Å². The fourth-order valence-corrected chi connectivity index (χ4v) is 4.03. The zero-order valence-electron chi connectivity index (χ0n) is 14.3. The number of nitrogens with zero attached hydrogens (tertiary/aromatic N) is 2. The normalized spacial score (nSPS) is 29.2. The quantitative estimate of drug-likeness (QED) is 0.752. The lowest BCUT2D eigenvalue weighted by molar-refractivity contribution is -0.126. The molecule has 2 rings (SSSR count). The van der Waals surface area contributed by atoms with Gasteiger partial charge in [-0.25, -0.2) is 0 Å². The first-order chi connectivity index (χ1) is 10.1. The van der Waals surface area contributed by atoms with E-state index in [2.05, 4.69) is 30.6 Å². The highest BCUT2D eigenvalue weighted by molar-refractivity contribution is 5.81. The number of ketones is 1. The molecule has 3 nitrogen and oxygen atoms in total. The molecule has 2 aliphatic rings. The molecule has 1 aliphatic carbocycles. The topological polar surface area (TPSA) is 23.6 Å². The zero-order valence-corrected chi connectivity index (χ0v) is 14.3. The third-order valence-corrected chi connectivity index (χ3v) is 5.14. The average molecular weight is 294 g/mol. The van der Waals surface area contributed by atoms with Crippen LogP contribution in [0.25, 0.3) is 0 Å². The molecule has 0 aromatic heterocycles. The van der Waals surface area contributed by atoms with Crippen LogP contribution >= 0.6 is 0 Å². The number of carbonyl (C=O) groups excluding carboxylic acids is 1. The molecule has 2 atom stereocenters. The lowest BCUT2D eigenvalue weighted by Gasteiger charge is -2.38. The van der Waals surface area contributed by atoms with Crippen molar-refractivity contribution in [1.29, 1.82) is 0 Å². The van der Waals surface area contributed by atoms with Crippen molar-refractivity contribution in [2.45, 2.75) is 52.9 Å². The van der Waals surface area contributed by atoms with Crippen molar-refractivity contribution in [3.05, 3.63) is 0 Å². The Morgan fingerprint density at radius 3 is 2.43 bits per heavy atom. The summed E-state index contributed by atoms with van der Waals surface area (Å²) in [6.45, 7) is 13.7. The molecule has 3 heteroatoms. The predicted octanol–water partition coefficient (Wildman–Crippen LogP) is 3.05. The number of Topliss-reactive ketones (excluding diaryl/α,β-unsaturated/α-hetero) is 1. The standard InChI is InChI=1S/C18H34N2O/c1-4-5-16-6-7-18(21)17(12-16)14-20-10-8-19(9-11-20)13-15(2)3/h15-17H,4-14H2,1-3H3. The van der Waals surface area contributed by atoms with Crippen molar-refractivity contribution >= 4 is 5.78 Å². The van der Waals surface area contributed by atoms with E-state index in [1.807, 2.05) is 0 Å². The molecular weight excluding hydrogens is 260 g/mol. The van der Waals surface area contributed by atoms with Crippen LogP contribution in [0.4, 0.5) is 0 Å². The van der Waals surface area contributed by atoms with Gasteiger partial charge in [0, 0.05) is 51.6 Å². The molecule has 1 aliphatic heterocycles. The average Bonchev–Trinajstić information content (AvgIpc) is 2.44. The van der Waals surface area contributed by atoms with E-state index < -0.39 is 0 Å². The first-order valence-electron chi connectivity index (χ1n) is 9.06. The lowest BCUT2D eigenvalue weighted by atomic mass is 9.78. The van der Waals surface area contributed by atoms with Crippen LogP contribution in [0, 0.1) is 17.8 Å². The second-order valence-corrected chi connectivity index (χ2v) is 7.59. The Morgan fingerprint density at radius 1 is 1.14 bits per heavy atom. The zero-order chi connectivity index (χ0) is 15.2. The summed E-state index contributed by atoms with van der Waals surface area (Å²) in [5.41, 5.74) is 0. The maximum Gasteiger partial charge on any atom is 0.137 e. The number of hydrogen-bond donors (Lipinski definition) is 0. The molecule has 0 aromatic carbocycles. The third kappa shape index (κ3) is 5.37. The molecule has 1 saturated carbocycles. The van der Waals surface area contributed by atoms with E-state index in [-0.39, 0.29) is 0 Å². The van der Waals surface area contributed by atoms with Gasteiger partial charge >= 0.3 is 0 Å². The largest absolute Gasteiger partial charge is 0.301 e. The van der Waals surface area contributed by atoms with Gasteiger partial charge in [0.2, 0.25) is 0 Å². The van der Waals surface area contributed by atoms with Gasteiger partial charge in [0.1, 0.15) is 5.78 Å². The van der Waals surface area contributed by atoms with Gasteiger partial charge in [0.15, 0.2) is 0 Å². The molecule has 1 heterocycles. The van der Waals surface area contributed by atoms with Gasteiger partial charge in [-0.3, -0.25) is 4.79 Å². The number of carbonyl (C=O) groups is 1. The van der Waals surface area contributed by atoms with Crippen LogP contribution in [0.5, 0.6) is 0 Å². The Hall–Kier alpha value is -0.410. The minimum absolute atomic E-state index is 0.326. The summed E-state index contributed by atoms with van der Waals surface area (Å²) in [5, 5.41) is 0. The molecule has 0 radical (unpaired) electrons. The smallest absolute Gasteiger partial charge is 0.137 e. The van der Waals surface area contributed by atoms with Crippen LogP contribution < -0.4 is 0 Å². The molecule has 0 aromatic rings. The van der Waals surface area contributed by atoms with Crippen LogP contribution in [-0.2, 0) is 4.79 Å². The SMILES string of the molecule is CCCC1CCC(=O)C(CN2CCN(CC(C)C)CC2)C1. The van der Waals surface area contributed by atoms with Gasteiger partial charge in [0.25, 0.3) is 0 Å². The highest BCUT2D eigenvalue weighted by atomic mass is 16.1. The second kappa shape index (κ2) is 8.28. The first-order valence-corrected chi connectivity index (χ1v) is 9.06. The summed E-state index contributed by atoms with van der Waals surface area (Å²) in [7, 11) is 0. The van der Waals surface area contributed by atoms with Crippen molar-refractivity contribution in [3.63, 3.8) is 0 Å². The van der Waals surface area contributed by atoms with E-state index in [0.717, 1.165) is 50.7 Å². The van der Waals surface area contributed by atoms with E-state index >= 15 is 0 Å². The highest BCUT2D eigenvalue weighted by Crippen LogP contribution is 2.30. The lowest BCUT2D eigenvalue weighted by Crippen LogP contribution is -2.49. The molecular formula is C18H34N2O. The second-order valence-electron chi connectivity index (χ2n) is 7.59. The van der Waals surface area contributed by atoms with Crippen molar-refractivity contribution in [3.8, 4) is 0 Å². The van der Waals surface area contributed by atoms with E-state index in [1.165, 1.54) is 32.5 Å². The Labute approximate surface area is 131 Å². The summed E-state index contributed by atoms with van der Waals surface area (Å²) in [4.78, 5) is 17.3. The molecule has 21 heavy (non-hydrogen) atoms. The minimum atomic E-state index is 0.326. The molecule has 2 fully saturated rings. The summed E-state index contributed by atoms with van der Waals surface area (Å²) < 4.78 is 0. The van der Waals surface area contributed by atoms with Crippen molar-refractivity contribution in [2.75, 3.05) is 39.3 Å².